The van der Waals surface area contributed by atoms with Crippen LogP contribution in [0.15, 0.2) is 125 Å². The third kappa shape index (κ3) is 5.79. The van der Waals surface area contributed by atoms with Gasteiger partial charge in [0.15, 0.2) is 0 Å². The predicted molar refractivity (Wildman–Crippen MR) is 159 cm³/mol. The van der Waals surface area contributed by atoms with Crippen LogP contribution in [0, 0.1) is 0 Å². The van der Waals surface area contributed by atoms with Crippen molar-refractivity contribution in [2.75, 3.05) is 0 Å². The van der Waals surface area contributed by atoms with Crippen LogP contribution in [0.3, 0.4) is 0 Å². The molecule has 39 heavy (non-hydrogen) atoms. The van der Waals surface area contributed by atoms with Gasteiger partial charge >= 0.3 is 238 Å². The maximum atomic E-state index is 11.1. The zero-order valence-electron chi connectivity index (χ0n) is 21.0. The zero-order valence-corrected chi connectivity index (χ0v) is 24.6. The van der Waals surface area contributed by atoms with Gasteiger partial charge in [-0.05, 0) is 0 Å². The molecule has 0 radical (unpaired) electrons. The molecule has 0 bridgehead atoms. The Bertz CT molecular complexity index is 1650. The first kappa shape index (κ1) is 25.5. The average molecular weight is 640 g/mol. The van der Waals surface area contributed by atoms with Crippen molar-refractivity contribution >= 4 is 53.7 Å². The van der Waals surface area contributed by atoms with Crippen LogP contribution in [-0.2, 0) is 11.9 Å². The summed E-state index contributed by atoms with van der Waals surface area (Å²) in [4.78, 5) is 0. The normalized spacial score (nSPS) is 16.4. The first-order valence-corrected chi connectivity index (χ1v) is 19.4. The van der Waals surface area contributed by atoms with E-state index in [-0.39, 0.29) is 11.6 Å². The molecule has 5 aromatic carbocycles. The zero-order chi connectivity index (χ0) is 26.7. The van der Waals surface area contributed by atoms with Gasteiger partial charge in [-0.15, -0.1) is 0 Å². The molecule has 0 saturated heterocycles. The van der Waals surface area contributed by atoms with E-state index in [4.69, 9.17) is 17.7 Å². The van der Waals surface area contributed by atoms with Gasteiger partial charge in [-0.1, -0.05) is 0 Å². The molecule has 6 rings (SSSR count). The molecule has 192 valence electrons. The molecule has 0 unspecified atom stereocenters. The number of phenols is 1. The molecular formula is C32H25ClN2O3Sn. The summed E-state index contributed by atoms with van der Waals surface area (Å²) >= 11 is 2.07. The second-order valence-corrected chi connectivity index (χ2v) is 18.3. The number of hydrogen-bond acceptors (Lipinski definition) is 5. The molecule has 0 aromatic heterocycles. The number of fused-ring (bicyclic) bond motifs is 2. The monoisotopic (exact) mass is 640 g/mol. The van der Waals surface area contributed by atoms with Gasteiger partial charge < -0.3 is 0 Å². The fourth-order valence-electron chi connectivity index (χ4n) is 4.80. The molecule has 0 amide bonds. The second-order valence-electron chi connectivity index (χ2n) is 9.49. The molecule has 0 atom stereocenters. The molecule has 5 nitrogen and oxygen atoms in total. The van der Waals surface area contributed by atoms with Crippen LogP contribution in [0.5, 0.6) is 11.5 Å². The Labute approximate surface area is 237 Å². The molecule has 0 fully saturated rings. The van der Waals surface area contributed by atoms with Crippen LogP contribution >= 0.6 is 11.6 Å². The van der Waals surface area contributed by atoms with Crippen molar-refractivity contribution < 1.29 is 11.3 Å². The summed E-state index contributed by atoms with van der Waals surface area (Å²) in [6.07, 6.45) is 1.62. The fraction of sp³-hybridized carbons (Fsp3) is 0.0625. The van der Waals surface area contributed by atoms with Crippen LogP contribution in [0.4, 0.5) is 0 Å². The van der Waals surface area contributed by atoms with Gasteiger partial charge in [0.2, 0.25) is 0 Å². The molecule has 5 aromatic rings. The Balaban J connectivity index is 1.55. The number of nitrogens with zero attached hydrogens (tertiary/aromatic N) is 2. The molecule has 1 aliphatic heterocycles. The van der Waals surface area contributed by atoms with Crippen molar-refractivity contribution in [2.45, 2.75) is 8.87 Å². The molecule has 0 aliphatic carbocycles. The number of aromatic hydroxyl groups is 1. The third-order valence-electron chi connectivity index (χ3n) is 6.62. The topological polar surface area (TPSA) is 63.4 Å². The van der Waals surface area contributed by atoms with E-state index in [1.54, 1.807) is 12.3 Å². The van der Waals surface area contributed by atoms with E-state index in [1.807, 2.05) is 84.9 Å². The summed E-state index contributed by atoms with van der Waals surface area (Å²) in [5.41, 5.74) is 3.42. The van der Waals surface area contributed by atoms with Crippen molar-refractivity contribution in [3.05, 3.63) is 143 Å². The van der Waals surface area contributed by atoms with E-state index >= 15 is 0 Å². The van der Waals surface area contributed by atoms with Gasteiger partial charge in [-0.3, -0.25) is 0 Å². The first-order valence-electron chi connectivity index (χ1n) is 12.7. The van der Waals surface area contributed by atoms with E-state index in [2.05, 4.69) is 34.5 Å². The van der Waals surface area contributed by atoms with Crippen molar-refractivity contribution in [1.29, 1.82) is 0 Å². The summed E-state index contributed by atoms with van der Waals surface area (Å²) in [5.74, 6) is 0.975. The minimum absolute atomic E-state index is 0.0714. The van der Waals surface area contributed by atoms with E-state index in [1.165, 1.54) is 0 Å². The predicted octanol–water partition coefficient (Wildman–Crippen LogP) is 7.39. The van der Waals surface area contributed by atoms with Crippen molar-refractivity contribution in [1.82, 2.24) is 0 Å². The number of halogens is 1. The number of rotatable bonds is 5. The molecule has 1 aliphatic rings. The van der Waals surface area contributed by atoms with Gasteiger partial charge in [0.05, 0.1) is 0 Å². The fourth-order valence-corrected chi connectivity index (χ4v) is 14.3. The van der Waals surface area contributed by atoms with Gasteiger partial charge in [0.25, 0.3) is 0 Å². The van der Waals surface area contributed by atoms with Gasteiger partial charge in [-0.2, -0.15) is 0 Å². The standard InChI is InChI=1S/C18H13ClN2O3.2C7H7.Sn/c19-14-5-6-16(22)13(7-14)10-20-21-18(24)15-8-11-3-1-2-4-12(11)9-17(15)23;2*1-7-5-3-2-4-6-7;/h1-10,22-23H,(H,21,24);2*2-6H,1H2;/q;;;+2/p-2/b20-10+;;;. The SMILES string of the molecule is Oc1cc2ccccc2cc1/C1=N/N=C/c2cc(Cl)ccc2[O][Sn]([CH2]c2ccccc2)([CH2]c2ccccc2)[O]1. The van der Waals surface area contributed by atoms with Crippen LogP contribution in [0.25, 0.3) is 10.8 Å². The van der Waals surface area contributed by atoms with E-state index in [0.29, 0.717) is 25.2 Å². The quantitative estimate of drug-likeness (QED) is 0.204. The molecule has 0 saturated carbocycles. The summed E-state index contributed by atoms with van der Waals surface area (Å²) in [7, 11) is 0. The Morgan fingerprint density at radius 1 is 0.692 bits per heavy atom. The Morgan fingerprint density at radius 3 is 1.97 bits per heavy atom. The van der Waals surface area contributed by atoms with Crippen LogP contribution in [-0.4, -0.2) is 36.4 Å². The Kier molecular flexibility index (Phi) is 7.26. The number of phenolic OH excluding ortho intramolecular Hbond substituents is 1. The molecule has 1 heterocycles. The molecular weight excluding hydrogens is 615 g/mol. The van der Waals surface area contributed by atoms with Gasteiger partial charge in [0, 0.05) is 0 Å². The molecule has 1 N–H and O–H groups in total. The Hall–Kier alpha value is -3.81. The van der Waals surface area contributed by atoms with Crippen molar-refractivity contribution in [2.24, 2.45) is 10.2 Å². The van der Waals surface area contributed by atoms with E-state index in [9.17, 15) is 5.11 Å². The molecule has 0 spiro atoms. The maximum absolute atomic E-state index is 11.1. The van der Waals surface area contributed by atoms with Crippen LogP contribution in [0.2, 0.25) is 5.02 Å². The second kappa shape index (κ2) is 11.1. The van der Waals surface area contributed by atoms with Gasteiger partial charge in [0.1, 0.15) is 0 Å². The van der Waals surface area contributed by atoms with E-state index < -0.39 is 19.2 Å². The number of hydrogen-bond donors (Lipinski definition) is 1. The third-order valence-corrected chi connectivity index (χ3v) is 15.6. The first-order chi connectivity index (χ1) is 19.1. The Morgan fingerprint density at radius 2 is 1.31 bits per heavy atom. The summed E-state index contributed by atoms with van der Waals surface area (Å²) in [6.45, 7) is 0. The van der Waals surface area contributed by atoms with Crippen LogP contribution in [0.1, 0.15) is 22.3 Å². The minimum atomic E-state index is -4.28. The summed E-state index contributed by atoms with van der Waals surface area (Å²) in [6, 6.07) is 37.4. The van der Waals surface area contributed by atoms with Crippen molar-refractivity contribution in [3.8, 4) is 11.5 Å². The summed E-state index contributed by atoms with van der Waals surface area (Å²) in [5, 5.41) is 22.4. The van der Waals surface area contributed by atoms with Crippen molar-refractivity contribution in [3.63, 3.8) is 0 Å². The summed E-state index contributed by atoms with van der Waals surface area (Å²) < 4.78 is 15.2. The van der Waals surface area contributed by atoms with Gasteiger partial charge in [-0.25, -0.2) is 0 Å². The number of benzene rings is 5. The van der Waals surface area contributed by atoms with Crippen LogP contribution < -0.4 is 3.07 Å². The average Bonchev–Trinajstić information content (AvgIpc) is 3.01. The molecule has 7 heteroatoms. The van der Waals surface area contributed by atoms with E-state index in [0.717, 1.165) is 27.5 Å².